The van der Waals surface area contributed by atoms with Crippen LogP contribution in [-0.4, -0.2) is 142 Å². The monoisotopic (exact) mass is 1030 g/mol. The molecule has 0 spiro atoms. The van der Waals surface area contributed by atoms with Gasteiger partial charge in [-0.1, -0.05) is 86.1 Å². The van der Waals surface area contributed by atoms with E-state index in [0.717, 1.165) is 53.7 Å². The van der Waals surface area contributed by atoms with Gasteiger partial charge < -0.3 is 64.4 Å². The fourth-order valence-electron chi connectivity index (χ4n) is 8.61. The molecular formula is C46H69N11O12S2. The standard InChI is InChI=1S/C46H69N11O12S2/c1-3-25(2)39-45(68)52-29(15-16-35(47)59)41(64)53-32(22-36(48)60)42(65)55-33(24-71-70-19-17-38(62)51-31(43(66)56-39)21-27-11-13-28(58)14-12-27)46(69)57-18-7-10-34(57)44(67)54-30(40(63)50-23-37(49)61)20-26-8-5-4-6-9-26/h11-14,25-26,29-34,39,58H,3-10,15-24H2,1-2H3,(H2,47,59)(H2,48,60)(H2,49,61)(H,50,63)(H,51,62)(H,52,68)(H,53,64)(H,54,67)(H,55,65)(H,56,66)/t25-,29-,30-,31-,32-,33-,34-,39-/m0/s1. The highest BCUT2D eigenvalue weighted by atomic mass is 33.1. The van der Waals surface area contributed by atoms with Gasteiger partial charge in [0.05, 0.1) is 13.0 Å². The summed E-state index contributed by atoms with van der Waals surface area (Å²) in [6.07, 6.45) is 4.21. The number of amides is 11. The minimum atomic E-state index is -1.72. The van der Waals surface area contributed by atoms with Gasteiger partial charge in [-0.2, -0.15) is 0 Å². The van der Waals surface area contributed by atoms with Crippen LogP contribution in [-0.2, 0) is 59.2 Å². The van der Waals surface area contributed by atoms with Gasteiger partial charge in [0.15, 0.2) is 0 Å². The second-order valence-electron chi connectivity index (χ2n) is 18.3. The topological polar surface area (TPSA) is 374 Å². The molecule has 23 nitrogen and oxygen atoms in total. The third-order valence-corrected chi connectivity index (χ3v) is 15.1. The molecule has 0 bridgehead atoms. The van der Waals surface area contributed by atoms with E-state index in [1.165, 1.54) is 17.0 Å². The quantitative estimate of drug-likeness (QED) is 0.0782. The second-order valence-corrected chi connectivity index (χ2v) is 20.9. The van der Waals surface area contributed by atoms with Crippen LogP contribution in [0.5, 0.6) is 5.75 Å². The van der Waals surface area contributed by atoms with E-state index in [9.17, 15) is 57.8 Å². The number of nitrogens with two attached hydrogens (primary N) is 3. The average Bonchev–Trinajstić information content (AvgIpc) is 3.83. The van der Waals surface area contributed by atoms with Crippen LogP contribution in [0.3, 0.4) is 0 Å². The van der Waals surface area contributed by atoms with Crippen molar-refractivity contribution in [3.8, 4) is 5.75 Å². The lowest BCUT2D eigenvalue weighted by atomic mass is 9.84. The number of hydrogen-bond acceptors (Lipinski definition) is 14. The van der Waals surface area contributed by atoms with Crippen molar-refractivity contribution in [3.63, 3.8) is 0 Å². The van der Waals surface area contributed by atoms with Crippen LogP contribution in [0.2, 0.25) is 0 Å². The van der Waals surface area contributed by atoms with Gasteiger partial charge in [0.25, 0.3) is 0 Å². The normalized spacial score (nSPS) is 24.4. The van der Waals surface area contributed by atoms with Crippen molar-refractivity contribution in [1.82, 2.24) is 42.1 Å². The van der Waals surface area contributed by atoms with Crippen molar-refractivity contribution in [1.29, 1.82) is 0 Å². The van der Waals surface area contributed by atoms with Crippen molar-refractivity contribution in [3.05, 3.63) is 29.8 Å². The molecule has 1 aromatic carbocycles. The van der Waals surface area contributed by atoms with E-state index >= 15 is 0 Å². The molecule has 0 aromatic heterocycles. The van der Waals surface area contributed by atoms with E-state index in [0.29, 0.717) is 24.8 Å². The third-order valence-electron chi connectivity index (χ3n) is 12.7. The second kappa shape index (κ2) is 28.7. The van der Waals surface area contributed by atoms with E-state index in [-0.39, 0.29) is 55.4 Å². The van der Waals surface area contributed by atoms with Crippen LogP contribution >= 0.6 is 21.6 Å². The number of aromatic hydroxyl groups is 1. The number of primary amides is 3. The molecule has 4 rings (SSSR count). The van der Waals surface area contributed by atoms with Crippen LogP contribution in [0.25, 0.3) is 0 Å². The van der Waals surface area contributed by atoms with Crippen molar-refractivity contribution in [2.75, 3.05) is 24.6 Å². The number of nitrogens with one attached hydrogen (secondary N) is 7. The lowest BCUT2D eigenvalue weighted by molar-refractivity contribution is -0.142. The minimum Gasteiger partial charge on any atom is -0.508 e. The highest BCUT2D eigenvalue weighted by Crippen LogP contribution is 2.29. The van der Waals surface area contributed by atoms with E-state index in [1.54, 1.807) is 26.0 Å². The van der Waals surface area contributed by atoms with Gasteiger partial charge in [0.2, 0.25) is 65.0 Å². The maximum absolute atomic E-state index is 14.6. The van der Waals surface area contributed by atoms with Gasteiger partial charge in [-0.25, -0.2) is 0 Å². The smallest absolute Gasteiger partial charge is 0.246 e. The van der Waals surface area contributed by atoms with E-state index < -0.39 is 133 Å². The lowest BCUT2D eigenvalue weighted by Gasteiger charge is -2.31. The molecule has 25 heteroatoms. The number of carbonyl (C=O) groups is 11. The predicted molar refractivity (Wildman–Crippen MR) is 263 cm³/mol. The summed E-state index contributed by atoms with van der Waals surface area (Å²) in [6, 6.07) is -3.34. The largest absolute Gasteiger partial charge is 0.508 e. The number of phenolic OH excluding ortho intramolecular Hbond substituents is 1. The number of hydrogen-bond donors (Lipinski definition) is 11. The van der Waals surface area contributed by atoms with Crippen LogP contribution in [0, 0.1) is 11.8 Å². The summed E-state index contributed by atoms with van der Waals surface area (Å²) in [6.45, 7) is 3.08. The number of carbonyl (C=O) groups excluding carboxylic acids is 11. The molecule has 71 heavy (non-hydrogen) atoms. The minimum absolute atomic E-state index is 0.0227. The Morgan fingerprint density at radius 2 is 1.44 bits per heavy atom. The first kappa shape index (κ1) is 57.5. The van der Waals surface area contributed by atoms with Crippen LogP contribution < -0.4 is 54.4 Å². The molecule has 1 saturated carbocycles. The Balaban J connectivity index is 1.66. The van der Waals surface area contributed by atoms with Crippen LogP contribution in [0.15, 0.2) is 24.3 Å². The Kier molecular flexibility index (Phi) is 23.2. The zero-order chi connectivity index (χ0) is 52.2. The van der Waals surface area contributed by atoms with Gasteiger partial charge in [-0.05, 0) is 55.2 Å². The molecule has 3 aliphatic rings. The molecular weight excluding hydrogens is 963 g/mol. The summed E-state index contributed by atoms with van der Waals surface area (Å²) in [5, 5.41) is 28.1. The Bertz CT molecular complexity index is 2090. The number of likely N-dealkylation sites (tertiary alicyclic amines) is 1. The molecule has 3 fully saturated rings. The fraction of sp³-hybridized carbons (Fsp3) is 0.630. The van der Waals surface area contributed by atoms with Crippen molar-refractivity contribution >= 4 is 86.6 Å². The number of phenols is 1. The first-order valence-electron chi connectivity index (χ1n) is 24.0. The zero-order valence-corrected chi connectivity index (χ0v) is 41.8. The summed E-state index contributed by atoms with van der Waals surface area (Å²) in [5.74, 6) is -9.20. The fourth-order valence-corrected chi connectivity index (χ4v) is 10.8. The molecule has 2 heterocycles. The van der Waals surface area contributed by atoms with Gasteiger partial charge in [0.1, 0.15) is 48.0 Å². The van der Waals surface area contributed by atoms with Crippen molar-refractivity contribution < 1.29 is 57.8 Å². The Labute approximate surface area is 420 Å². The molecule has 8 atom stereocenters. The Morgan fingerprint density at radius 1 is 0.775 bits per heavy atom. The molecule has 392 valence electrons. The summed E-state index contributed by atoms with van der Waals surface area (Å²) >= 11 is 0. The maximum atomic E-state index is 14.6. The van der Waals surface area contributed by atoms with E-state index in [2.05, 4.69) is 37.2 Å². The summed E-state index contributed by atoms with van der Waals surface area (Å²) in [4.78, 5) is 149. The Morgan fingerprint density at radius 3 is 2.08 bits per heavy atom. The molecule has 0 unspecified atom stereocenters. The number of rotatable bonds is 17. The molecule has 11 amide bonds. The van der Waals surface area contributed by atoms with Gasteiger partial charge in [-0.3, -0.25) is 52.7 Å². The lowest BCUT2D eigenvalue weighted by Crippen LogP contribution is -2.61. The molecule has 2 aliphatic heterocycles. The van der Waals surface area contributed by atoms with Crippen molar-refractivity contribution in [2.24, 2.45) is 29.0 Å². The summed E-state index contributed by atoms with van der Waals surface area (Å²) in [7, 11) is 2.26. The van der Waals surface area contributed by atoms with E-state index in [1.807, 2.05) is 0 Å². The van der Waals surface area contributed by atoms with Gasteiger partial charge in [0, 0.05) is 37.3 Å². The van der Waals surface area contributed by atoms with Gasteiger partial charge >= 0.3 is 0 Å². The molecule has 14 N–H and O–H groups in total. The molecule has 1 aromatic rings. The predicted octanol–water partition coefficient (Wildman–Crippen LogP) is -1.62. The highest BCUT2D eigenvalue weighted by Gasteiger charge is 2.41. The highest BCUT2D eigenvalue weighted by molar-refractivity contribution is 8.76. The first-order valence-corrected chi connectivity index (χ1v) is 26.5. The first-order chi connectivity index (χ1) is 33.8. The van der Waals surface area contributed by atoms with Crippen LogP contribution in [0.4, 0.5) is 0 Å². The van der Waals surface area contributed by atoms with E-state index in [4.69, 9.17) is 17.2 Å². The van der Waals surface area contributed by atoms with Crippen LogP contribution in [0.1, 0.15) is 103 Å². The Hall–Kier alpha value is -6.11. The summed E-state index contributed by atoms with van der Waals surface area (Å²) < 4.78 is 0. The SMILES string of the molecule is CC[C@H](C)[C@@H]1NC(=O)[C@H](Cc2ccc(O)cc2)NC(=O)CCSSC[C@@H](C(=O)N2CCC[C@H]2C(=O)N[C@@H](CC2CCCCC2)C(=O)NCC(N)=O)NC(=O)[C@H](CC(N)=O)NC(=O)[C@H](CCC(N)=O)NC1=O. The molecule has 2 saturated heterocycles. The third kappa shape index (κ3) is 18.9. The average molecular weight is 1030 g/mol. The molecule has 1 aliphatic carbocycles. The van der Waals surface area contributed by atoms with Crippen molar-refractivity contribution in [2.45, 2.75) is 146 Å². The number of nitrogens with zero attached hydrogens (tertiary/aromatic N) is 1. The zero-order valence-electron chi connectivity index (χ0n) is 40.2. The molecule has 0 radical (unpaired) electrons. The maximum Gasteiger partial charge on any atom is 0.246 e. The summed E-state index contributed by atoms with van der Waals surface area (Å²) in [5.41, 5.74) is 16.8. The van der Waals surface area contributed by atoms with Gasteiger partial charge in [-0.15, -0.1) is 0 Å². The number of benzene rings is 1.